The predicted octanol–water partition coefficient (Wildman–Crippen LogP) is 1.78. The number of ether oxygens (including phenoxy) is 2. The van der Waals surface area contributed by atoms with Gasteiger partial charge in [-0.1, -0.05) is 13.0 Å². The van der Waals surface area contributed by atoms with Crippen molar-refractivity contribution in [3.8, 4) is 11.5 Å². The summed E-state index contributed by atoms with van der Waals surface area (Å²) in [6, 6.07) is 5.93. The second-order valence-electron chi connectivity index (χ2n) is 4.01. The van der Waals surface area contributed by atoms with E-state index >= 15 is 0 Å². The van der Waals surface area contributed by atoms with Crippen LogP contribution in [0.2, 0.25) is 0 Å². The lowest BCUT2D eigenvalue weighted by Gasteiger charge is -2.13. The van der Waals surface area contributed by atoms with E-state index in [1.807, 2.05) is 25.2 Å². The van der Waals surface area contributed by atoms with Crippen LogP contribution in [0.4, 0.5) is 0 Å². The fourth-order valence-electron chi connectivity index (χ4n) is 1.62. The summed E-state index contributed by atoms with van der Waals surface area (Å²) >= 11 is 0. The largest absolute Gasteiger partial charge is 0.493 e. The number of hydrogen-bond acceptors (Lipinski definition) is 3. The van der Waals surface area contributed by atoms with Crippen LogP contribution in [0.15, 0.2) is 23.2 Å². The second kappa shape index (κ2) is 8.24. The smallest absolute Gasteiger partial charge is 0.190 e. The molecule has 0 saturated carbocycles. The van der Waals surface area contributed by atoms with E-state index in [0.29, 0.717) is 13.2 Å². The van der Waals surface area contributed by atoms with Crippen molar-refractivity contribution < 1.29 is 9.47 Å². The molecule has 0 aliphatic heterocycles. The summed E-state index contributed by atoms with van der Waals surface area (Å²) in [7, 11) is 5.22. The van der Waals surface area contributed by atoms with Gasteiger partial charge in [-0.05, 0) is 24.1 Å². The zero-order valence-corrected chi connectivity index (χ0v) is 12.1. The Bertz CT molecular complexity index is 419. The number of nitrogens with zero attached hydrogens (tertiary/aromatic N) is 1. The van der Waals surface area contributed by atoms with E-state index < -0.39 is 0 Å². The van der Waals surface area contributed by atoms with Crippen molar-refractivity contribution in [1.82, 2.24) is 10.6 Å². The van der Waals surface area contributed by atoms with Crippen LogP contribution >= 0.6 is 0 Å². The summed E-state index contributed by atoms with van der Waals surface area (Å²) < 4.78 is 11.0. The predicted molar refractivity (Wildman–Crippen MR) is 78.0 cm³/mol. The Morgan fingerprint density at radius 3 is 2.68 bits per heavy atom. The molecule has 1 rings (SSSR count). The quantitative estimate of drug-likeness (QED) is 0.608. The first kappa shape index (κ1) is 15.1. The van der Waals surface area contributed by atoms with Crippen LogP contribution in [0, 0.1) is 0 Å². The van der Waals surface area contributed by atoms with Crippen molar-refractivity contribution in [3.63, 3.8) is 0 Å². The summed E-state index contributed by atoms with van der Waals surface area (Å²) in [5.74, 6) is 2.29. The molecule has 0 aromatic heterocycles. The summed E-state index contributed by atoms with van der Waals surface area (Å²) in [6.45, 7) is 3.45. The maximum Gasteiger partial charge on any atom is 0.190 e. The topological polar surface area (TPSA) is 54.9 Å². The van der Waals surface area contributed by atoms with Crippen LogP contribution in [0.3, 0.4) is 0 Å². The molecule has 0 aliphatic carbocycles. The maximum absolute atomic E-state index is 5.62. The average molecular weight is 265 g/mol. The SMILES string of the molecule is CCCOc1ccc(CNC(=NC)NC)cc1OC. The Hall–Kier alpha value is -1.91. The van der Waals surface area contributed by atoms with Crippen LogP contribution in [0.5, 0.6) is 11.5 Å². The number of benzene rings is 1. The molecule has 1 aromatic rings. The molecule has 0 saturated heterocycles. The third-order valence-electron chi connectivity index (χ3n) is 2.61. The minimum absolute atomic E-state index is 0.679. The Morgan fingerprint density at radius 2 is 2.11 bits per heavy atom. The van der Waals surface area contributed by atoms with Crippen molar-refractivity contribution >= 4 is 5.96 Å². The van der Waals surface area contributed by atoms with Crippen molar-refractivity contribution in [3.05, 3.63) is 23.8 Å². The second-order valence-corrected chi connectivity index (χ2v) is 4.01. The third kappa shape index (κ3) is 4.69. The van der Waals surface area contributed by atoms with Crippen molar-refractivity contribution in [2.75, 3.05) is 27.8 Å². The van der Waals surface area contributed by atoms with Gasteiger partial charge in [-0.15, -0.1) is 0 Å². The molecule has 0 heterocycles. The van der Waals surface area contributed by atoms with Gasteiger partial charge in [0.05, 0.1) is 13.7 Å². The fraction of sp³-hybridized carbons (Fsp3) is 0.500. The standard InChI is InChI=1S/C14H23N3O2/c1-5-8-19-12-7-6-11(9-13(12)18-4)10-17-14(15-2)16-3/h6-7,9H,5,8,10H2,1-4H3,(H2,15,16,17). The summed E-state index contributed by atoms with van der Waals surface area (Å²) in [4.78, 5) is 4.06. The van der Waals surface area contributed by atoms with Gasteiger partial charge < -0.3 is 20.1 Å². The van der Waals surface area contributed by atoms with E-state index in [2.05, 4.69) is 22.5 Å². The van der Waals surface area contributed by atoms with E-state index in [-0.39, 0.29) is 0 Å². The summed E-state index contributed by atoms with van der Waals surface area (Å²) in [5, 5.41) is 6.16. The highest BCUT2D eigenvalue weighted by atomic mass is 16.5. The summed E-state index contributed by atoms with van der Waals surface area (Å²) in [6.07, 6.45) is 0.977. The zero-order valence-electron chi connectivity index (χ0n) is 12.1. The van der Waals surface area contributed by atoms with Gasteiger partial charge in [0.25, 0.3) is 0 Å². The molecule has 0 amide bonds. The van der Waals surface area contributed by atoms with Gasteiger partial charge >= 0.3 is 0 Å². The number of hydrogen-bond donors (Lipinski definition) is 2. The monoisotopic (exact) mass is 265 g/mol. The molecule has 0 fully saturated rings. The average Bonchev–Trinajstić information content (AvgIpc) is 2.46. The van der Waals surface area contributed by atoms with Gasteiger partial charge in [0, 0.05) is 20.6 Å². The van der Waals surface area contributed by atoms with Gasteiger partial charge in [-0.3, -0.25) is 4.99 Å². The highest BCUT2D eigenvalue weighted by molar-refractivity contribution is 5.79. The van der Waals surface area contributed by atoms with E-state index in [9.17, 15) is 0 Å². The van der Waals surface area contributed by atoms with Crippen LogP contribution < -0.4 is 20.1 Å². The third-order valence-corrected chi connectivity index (χ3v) is 2.61. The van der Waals surface area contributed by atoms with Gasteiger partial charge in [0.2, 0.25) is 0 Å². The zero-order chi connectivity index (χ0) is 14.1. The lowest BCUT2D eigenvalue weighted by Crippen LogP contribution is -2.34. The Kier molecular flexibility index (Phi) is 6.57. The highest BCUT2D eigenvalue weighted by Gasteiger charge is 2.05. The first-order valence-corrected chi connectivity index (χ1v) is 6.43. The first-order valence-electron chi connectivity index (χ1n) is 6.43. The molecule has 0 radical (unpaired) electrons. The molecule has 0 atom stereocenters. The van der Waals surface area contributed by atoms with Gasteiger partial charge in [-0.2, -0.15) is 0 Å². The number of nitrogens with one attached hydrogen (secondary N) is 2. The molecule has 19 heavy (non-hydrogen) atoms. The Morgan fingerprint density at radius 1 is 1.32 bits per heavy atom. The maximum atomic E-state index is 5.62. The number of aliphatic imine (C=N–C) groups is 1. The first-order chi connectivity index (χ1) is 9.24. The normalized spacial score (nSPS) is 11.1. The van der Waals surface area contributed by atoms with E-state index in [1.165, 1.54) is 0 Å². The van der Waals surface area contributed by atoms with Crippen molar-refractivity contribution in [1.29, 1.82) is 0 Å². The molecule has 106 valence electrons. The lowest BCUT2D eigenvalue weighted by atomic mass is 10.2. The minimum Gasteiger partial charge on any atom is -0.493 e. The van der Waals surface area contributed by atoms with Crippen LogP contribution in [-0.4, -0.2) is 33.8 Å². The van der Waals surface area contributed by atoms with Crippen LogP contribution in [0.1, 0.15) is 18.9 Å². The number of methoxy groups -OCH3 is 1. The van der Waals surface area contributed by atoms with Gasteiger partial charge in [-0.25, -0.2) is 0 Å². The van der Waals surface area contributed by atoms with E-state index in [1.54, 1.807) is 14.2 Å². The number of rotatable bonds is 6. The Balaban J connectivity index is 2.70. The fourth-order valence-corrected chi connectivity index (χ4v) is 1.62. The van der Waals surface area contributed by atoms with E-state index in [4.69, 9.17) is 9.47 Å². The Labute approximate surface area is 115 Å². The van der Waals surface area contributed by atoms with Gasteiger partial charge in [0.15, 0.2) is 17.5 Å². The summed E-state index contributed by atoms with van der Waals surface area (Å²) in [5.41, 5.74) is 1.11. The molecule has 0 unspecified atom stereocenters. The molecule has 5 nitrogen and oxygen atoms in total. The van der Waals surface area contributed by atoms with Crippen molar-refractivity contribution in [2.24, 2.45) is 4.99 Å². The van der Waals surface area contributed by atoms with Gasteiger partial charge in [0.1, 0.15) is 0 Å². The molecule has 5 heteroatoms. The molecular formula is C14H23N3O2. The van der Waals surface area contributed by atoms with Crippen LogP contribution in [-0.2, 0) is 6.54 Å². The lowest BCUT2D eigenvalue weighted by molar-refractivity contribution is 0.294. The molecule has 2 N–H and O–H groups in total. The minimum atomic E-state index is 0.679. The van der Waals surface area contributed by atoms with E-state index in [0.717, 1.165) is 29.4 Å². The van der Waals surface area contributed by atoms with Crippen LogP contribution in [0.25, 0.3) is 0 Å². The molecule has 0 bridgehead atoms. The van der Waals surface area contributed by atoms with Crippen molar-refractivity contribution in [2.45, 2.75) is 19.9 Å². The number of guanidine groups is 1. The molecule has 0 spiro atoms. The highest BCUT2D eigenvalue weighted by Crippen LogP contribution is 2.28. The molecule has 1 aromatic carbocycles. The molecule has 0 aliphatic rings. The molecular weight excluding hydrogens is 242 g/mol.